The van der Waals surface area contributed by atoms with Crippen LogP contribution in [0.3, 0.4) is 0 Å². The zero-order chi connectivity index (χ0) is 9.90. The molecule has 2 nitrogen and oxygen atoms in total. The molecule has 3 N–H and O–H groups in total. The minimum absolute atomic E-state index is 0.208. The van der Waals surface area contributed by atoms with Gasteiger partial charge in [-0.15, -0.1) is 11.3 Å². The van der Waals surface area contributed by atoms with Gasteiger partial charge in [-0.2, -0.15) is 0 Å². The van der Waals surface area contributed by atoms with Crippen molar-refractivity contribution >= 4 is 27.3 Å². The summed E-state index contributed by atoms with van der Waals surface area (Å²) in [4.78, 5) is 1.16. The van der Waals surface area contributed by atoms with Gasteiger partial charge in [-0.3, -0.25) is 0 Å². The molecule has 1 atom stereocenters. The molecule has 0 aliphatic carbocycles. The molecule has 13 heavy (non-hydrogen) atoms. The van der Waals surface area contributed by atoms with E-state index in [2.05, 4.69) is 15.9 Å². The third kappa shape index (κ3) is 3.06. The van der Waals surface area contributed by atoms with E-state index in [-0.39, 0.29) is 12.1 Å². The van der Waals surface area contributed by atoms with Crippen molar-refractivity contribution in [2.75, 3.05) is 6.61 Å². The van der Waals surface area contributed by atoms with Gasteiger partial charge in [0.2, 0.25) is 0 Å². The summed E-state index contributed by atoms with van der Waals surface area (Å²) in [5.74, 6) is 0. The molecule has 1 heterocycles. The molecule has 0 bridgehead atoms. The smallest absolute Gasteiger partial charge is 0.0476 e. The van der Waals surface area contributed by atoms with Crippen LogP contribution in [0.15, 0.2) is 15.9 Å². The lowest BCUT2D eigenvalue weighted by atomic mass is 9.95. The van der Waals surface area contributed by atoms with Crippen molar-refractivity contribution in [3.8, 4) is 0 Å². The van der Waals surface area contributed by atoms with E-state index in [1.165, 1.54) is 0 Å². The van der Waals surface area contributed by atoms with Crippen LogP contribution >= 0.6 is 27.3 Å². The number of aliphatic hydroxyl groups is 1. The molecule has 0 amide bonds. The van der Waals surface area contributed by atoms with E-state index in [9.17, 15) is 0 Å². The van der Waals surface area contributed by atoms with Gasteiger partial charge < -0.3 is 10.8 Å². The third-order valence-electron chi connectivity index (χ3n) is 1.98. The average Bonchev–Trinajstić information content (AvgIpc) is 2.49. The van der Waals surface area contributed by atoms with Crippen molar-refractivity contribution in [1.82, 2.24) is 0 Å². The summed E-state index contributed by atoms with van der Waals surface area (Å²) in [6, 6.07) is 2.04. The summed E-state index contributed by atoms with van der Waals surface area (Å²) >= 11 is 5.05. The second kappa shape index (κ2) is 4.55. The molecule has 1 rings (SSSR count). The first-order chi connectivity index (χ1) is 6.06. The highest BCUT2D eigenvalue weighted by atomic mass is 79.9. The van der Waals surface area contributed by atoms with Gasteiger partial charge in [0, 0.05) is 26.9 Å². The minimum Gasteiger partial charge on any atom is -0.396 e. The first-order valence-corrected chi connectivity index (χ1v) is 5.88. The van der Waals surface area contributed by atoms with Crippen LogP contribution in [0.25, 0.3) is 0 Å². The number of nitrogens with two attached hydrogens (primary N) is 1. The van der Waals surface area contributed by atoms with E-state index in [4.69, 9.17) is 10.8 Å². The van der Waals surface area contributed by atoms with E-state index in [1.807, 2.05) is 18.4 Å². The van der Waals surface area contributed by atoms with Crippen molar-refractivity contribution in [2.24, 2.45) is 5.73 Å². The molecule has 0 saturated carbocycles. The van der Waals surface area contributed by atoms with Crippen molar-refractivity contribution in [1.29, 1.82) is 0 Å². The molecule has 1 unspecified atom stereocenters. The Bertz CT molecular complexity index is 272. The Labute approximate surface area is 90.9 Å². The number of thiophene rings is 1. The summed E-state index contributed by atoms with van der Waals surface area (Å²) in [5.41, 5.74) is 5.81. The van der Waals surface area contributed by atoms with Crippen LogP contribution in [0.2, 0.25) is 0 Å². The Morgan fingerprint density at radius 2 is 2.38 bits per heavy atom. The Balaban J connectivity index is 2.68. The van der Waals surface area contributed by atoms with Crippen LogP contribution in [-0.4, -0.2) is 11.7 Å². The molecule has 0 saturated heterocycles. The summed E-state index contributed by atoms with van der Waals surface area (Å²) in [5, 5.41) is 10.7. The molecule has 0 spiro atoms. The highest BCUT2D eigenvalue weighted by Crippen LogP contribution is 2.30. The van der Waals surface area contributed by atoms with Gasteiger partial charge in [-0.05, 0) is 41.8 Å². The van der Waals surface area contributed by atoms with Gasteiger partial charge >= 0.3 is 0 Å². The maximum atomic E-state index is 8.72. The van der Waals surface area contributed by atoms with Crippen molar-refractivity contribution < 1.29 is 5.11 Å². The van der Waals surface area contributed by atoms with Gasteiger partial charge in [-0.1, -0.05) is 0 Å². The highest BCUT2D eigenvalue weighted by molar-refractivity contribution is 9.10. The van der Waals surface area contributed by atoms with Crippen molar-refractivity contribution in [3.05, 3.63) is 20.8 Å². The summed E-state index contributed by atoms with van der Waals surface area (Å²) in [7, 11) is 0. The maximum Gasteiger partial charge on any atom is 0.0476 e. The van der Waals surface area contributed by atoms with E-state index in [1.54, 1.807) is 11.3 Å². The lowest BCUT2D eigenvalue weighted by molar-refractivity contribution is 0.266. The van der Waals surface area contributed by atoms with Crippen LogP contribution in [0.5, 0.6) is 0 Å². The Hall–Kier alpha value is 0.1000. The predicted octanol–water partition coefficient (Wildman–Crippen LogP) is 2.46. The molecule has 0 aliphatic rings. The third-order valence-corrected chi connectivity index (χ3v) is 3.96. The van der Waals surface area contributed by atoms with Crippen LogP contribution < -0.4 is 5.73 Å². The second-order valence-corrected chi connectivity index (χ2v) is 5.20. The van der Waals surface area contributed by atoms with Crippen LogP contribution in [0.1, 0.15) is 24.6 Å². The van der Waals surface area contributed by atoms with E-state index in [0.717, 1.165) is 22.2 Å². The minimum atomic E-state index is -0.306. The zero-order valence-electron chi connectivity index (χ0n) is 7.59. The van der Waals surface area contributed by atoms with E-state index >= 15 is 0 Å². The maximum absolute atomic E-state index is 8.72. The Morgan fingerprint density at radius 3 is 2.85 bits per heavy atom. The van der Waals surface area contributed by atoms with Crippen molar-refractivity contribution in [2.45, 2.75) is 25.3 Å². The molecule has 0 aliphatic heterocycles. The highest BCUT2D eigenvalue weighted by Gasteiger charge is 2.22. The SMILES string of the molecule is CC(N)(CCCO)c1cc(Br)cs1. The molecule has 1 aromatic heterocycles. The molecule has 0 fully saturated rings. The molecular formula is C9H14BrNOS. The monoisotopic (exact) mass is 263 g/mol. The lowest BCUT2D eigenvalue weighted by Gasteiger charge is -2.22. The largest absolute Gasteiger partial charge is 0.396 e. The molecular weight excluding hydrogens is 250 g/mol. The van der Waals surface area contributed by atoms with Crippen LogP contribution in [0.4, 0.5) is 0 Å². The zero-order valence-corrected chi connectivity index (χ0v) is 9.99. The first-order valence-electron chi connectivity index (χ1n) is 4.20. The first kappa shape index (κ1) is 11.2. The quantitative estimate of drug-likeness (QED) is 0.877. The average molecular weight is 264 g/mol. The fourth-order valence-corrected chi connectivity index (χ4v) is 2.72. The van der Waals surface area contributed by atoms with Gasteiger partial charge in [0.1, 0.15) is 0 Å². The summed E-state index contributed by atoms with van der Waals surface area (Å²) in [6.07, 6.45) is 1.57. The molecule has 4 heteroatoms. The molecule has 0 aromatic carbocycles. The predicted molar refractivity (Wildman–Crippen MR) is 59.9 cm³/mol. The van der Waals surface area contributed by atoms with E-state index in [0.29, 0.717) is 0 Å². The van der Waals surface area contributed by atoms with Gasteiger partial charge in [-0.25, -0.2) is 0 Å². The van der Waals surface area contributed by atoms with Gasteiger partial charge in [0.15, 0.2) is 0 Å². The number of aliphatic hydroxyl groups excluding tert-OH is 1. The lowest BCUT2D eigenvalue weighted by Crippen LogP contribution is -2.32. The Kier molecular flexibility index (Phi) is 3.91. The number of hydrogen-bond donors (Lipinski definition) is 2. The standard InChI is InChI=1S/C9H14BrNOS/c1-9(11,3-2-4-12)8-5-7(10)6-13-8/h5-6,12H,2-4,11H2,1H3. The summed E-state index contributed by atoms with van der Waals surface area (Å²) in [6.45, 7) is 2.21. The van der Waals surface area contributed by atoms with Crippen LogP contribution in [-0.2, 0) is 5.54 Å². The normalized spacial score (nSPS) is 15.7. The van der Waals surface area contributed by atoms with Crippen LogP contribution in [0, 0.1) is 0 Å². The second-order valence-electron chi connectivity index (χ2n) is 3.37. The summed E-state index contributed by atoms with van der Waals surface area (Å²) < 4.78 is 1.08. The molecule has 1 aromatic rings. The van der Waals surface area contributed by atoms with Gasteiger partial charge in [0.25, 0.3) is 0 Å². The van der Waals surface area contributed by atoms with Gasteiger partial charge in [0.05, 0.1) is 0 Å². The van der Waals surface area contributed by atoms with Crippen molar-refractivity contribution in [3.63, 3.8) is 0 Å². The van der Waals surface area contributed by atoms with E-state index < -0.39 is 0 Å². The fraction of sp³-hybridized carbons (Fsp3) is 0.556. The Morgan fingerprint density at radius 1 is 1.69 bits per heavy atom. The number of halogens is 1. The number of rotatable bonds is 4. The fourth-order valence-electron chi connectivity index (χ4n) is 1.18. The number of hydrogen-bond acceptors (Lipinski definition) is 3. The topological polar surface area (TPSA) is 46.2 Å². The molecule has 74 valence electrons. The molecule has 0 radical (unpaired) electrons.